The van der Waals surface area contributed by atoms with Crippen LogP contribution in [0, 0.1) is 29.1 Å². The summed E-state index contributed by atoms with van der Waals surface area (Å²) >= 11 is 0. The minimum atomic E-state index is 0.367. The van der Waals surface area contributed by atoms with Crippen LogP contribution in [-0.4, -0.2) is 19.5 Å². The molecule has 8 aromatic rings. The van der Waals surface area contributed by atoms with E-state index in [1.165, 1.54) is 49.7 Å². The van der Waals surface area contributed by atoms with E-state index in [1.807, 2.05) is 48.5 Å². The van der Waals surface area contributed by atoms with Crippen molar-refractivity contribution in [3.05, 3.63) is 157 Å². The molecule has 2 heterocycles. The van der Waals surface area contributed by atoms with Crippen LogP contribution in [0.15, 0.2) is 146 Å². The highest BCUT2D eigenvalue weighted by Crippen LogP contribution is 2.60. The van der Waals surface area contributed by atoms with Crippen molar-refractivity contribution in [2.75, 3.05) is 0 Å². The Morgan fingerprint density at radius 2 is 1.05 bits per heavy atom. The second-order valence-corrected chi connectivity index (χ2v) is 16.2. The first-order valence-corrected chi connectivity index (χ1v) is 19.7. The molecule has 0 spiro atoms. The van der Waals surface area contributed by atoms with Gasteiger partial charge in [-0.25, -0.2) is 15.0 Å². The molecule has 4 aliphatic carbocycles. The van der Waals surface area contributed by atoms with Crippen molar-refractivity contribution in [2.24, 2.45) is 17.8 Å². The van der Waals surface area contributed by atoms with Crippen LogP contribution in [-0.2, 0) is 5.41 Å². The van der Waals surface area contributed by atoms with Gasteiger partial charge in [-0.15, -0.1) is 0 Å². The second kappa shape index (κ2) is 12.6. The van der Waals surface area contributed by atoms with Crippen LogP contribution in [0.3, 0.4) is 0 Å². The van der Waals surface area contributed by atoms with Gasteiger partial charge in [-0.05, 0) is 109 Å². The van der Waals surface area contributed by atoms with Crippen molar-refractivity contribution >= 4 is 21.8 Å². The number of hydrogen-bond acceptors (Lipinski definition) is 4. The van der Waals surface area contributed by atoms with Gasteiger partial charge in [0.25, 0.3) is 0 Å². The molecule has 12 rings (SSSR count). The standard InChI is InChI=1S/C50H39N5/c51-31-32-15-21-42-43-22-18-38(27-46(43)55(45(42)26-32)40-11-5-2-6-12-40)48-52-47(37-9-3-1-4-10-37)53-49(54-48)44-14-8-7-13-41(44)36-16-19-39(20-17-36)50-28-33-23-34(29-50)25-35(24-33)30-50/h1-22,26-27,33-35H,23-25,28-30H2/t33-,34-,35-,50?. The molecule has 4 aliphatic rings. The molecule has 5 heteroatoms. The predicted octanol–water partition coefficient (Wildman–Crippen LogP) is 12.0. The number of nitriles is 1. The molecule has 6 aromatic carbocycles. The minimum Gasteiger partial charge on any atom is -0.309 e. The molecule has 4 fully saturated rings. The molecule has 0 N–H and O–H groups in total. The number of hydrogen-bond donors (Lipinski definition) is 0. The lowest BCUT2D eigenvalue weighted by molar-refractivity contribution is -0.00518. The first-order chi connectivity index (χ1) is 27.1. The third-order valence-electron chi connectivity index (χ3n) is 12.9. The Hall–Kier alpha value is -6.38. The van der Waals surface area contributed by atoms with Crippen molar-refractivity contribution in [1.82, 2.24) is 19.5 Å². The highest BCUT2D eigenvalue weighted by molar-refractivity contribution is 6.10. The number of para-hydroxylation sites is 1. The molecular formula is C50H39N5. The Morgan fingerprint density at radius 3 is 1.73 bits per heavy atom. The normalized spacial score (nSPS) is 21.3. The summed E-state index contributed by atoms with van der Waals surface area (Å²) in [5.41, 5.74) is 10.7. The average molecular weight is 710 g/mol. The highest BCUT2D eigenvalue weighted by Gasteiger charge is 2.51. The predicted molar refractivity (Wildman–Crippen MR) is 220 cm³/mol. The number of rotatable bonds is 6. The lowest BCUT2D eigenvalue weighted by atomic mass is 9.48. The van der Waals surface area contributed by atoms with Crippen molar-refractivity contribution in [3.63, 3.8) is 0 Å². The van der Waals surface area contributed by atoms with Gasteiger partial charge in [0.15, 0.2) is 17.5 Å². The Balaban J connectivity index is 1.05. The molecule has 0 atom stereocenters. The SMILES string of the molecule is N#Cc1ccc2c3ccc(-c4nc(-c5ccccc5)nc(-c5ccccc5-c5ccc(C67C[C@H]8C[C@H](C6)C[C@@H](C7)C8)cc5)n4)cc3n(-c3ccccc3)c2c1. The van der Waals surface area contributed by atoms with Gasteiger partial charge in [0, 0.05) is 33.2 Å². The van der Waals surface area contributed by atoms with Crippen LogP contribution in [0.25, 0.3) is 72.8 Å². The molecule has 0 unspecified atom stereocenters. The third-order valence-corrected chi connectivity index (χ3v) is 12.9. The summed E-state index contributed by atoms with van der Waals surface area (Å²) in [6.45, 7) is 0. The Kier molecular flexibility index (Phi) is 7.35. The van der Waals surface area contributed by atoms with Crippen molar-refractivity contribution in [3.8, 4) is 57.0 Å². The molecular weight excluding hydrogens is 671 g/mol. The molecule has 0 amide bonds. The average Bonchev–Trinajstić information content (AvgIpc) is 3.56. The number of fused-ring (bicyclic) bond motifs is 3. The summed E-state index contributed by atoms with van der Waals surface area (Å²) in [7, 11) is 0. The van der Waals surface area contributed by atoms with E-state index in [9.17, 15) is 5.26 Å². The maximum Gasteiger partial charge on any atom is 0.164 e. The third kappa shape index (κ3) is 5.39. The first-order valence-electron chi connectivity index (χ1n) is 19.7. The Labute approximate surface area is 321 Å². The van der Waals surface area contributed by atoms with Crippen LogP contribution in [0.4, 0.5) is 0 Å². The van der Waals surface area contributed by atoms with Crippen molar-refractivity contribution in [2.45, 2.75) is 43.9 Å². The van der Waals surface area contributed by atoms with E-state index in [-0.39, 0.29) is 0 Å². The maximum absolute atomic E-state index is 9.78. The maximum atomic E-state index is 9.78. The smallest absolute Gasteiger partial charge is 0.164 e. The number of nitrogens with zero attached hydrogens (tertiary/aromatic N) is 5. The van der Waals surface area contributed by atoms with Crippen LogP contribution < -0.4 is 0 Å². The van der Waals surface area contributed by atoms with Crippen LogP contribution in [0.2, 0.25) is 0 Å². The summed E-state index contributed by atoms with van der Waals surface area (Å²) in [6.07, 6.45) is 8.46. The van der Waals surface area contributed by atoms with E-state index in [1.54, 1.807) is 0 Å². The second-order valence-electron chi connectivity index (χ2n) is 16.2. The summed E-state index contributed by atoms with van der Waals surface area (Å²) in [5.74, 6) is 4.65. The molecule has 4 bridgehead atoms. The fraction of sp³-hybridized carbons (Fsp3) is 0.200. The van der Waals surface area contributed by atoms with Gasteiger partial charge in [0.1, 0.15) is 0 Å². The summed E-state index contributed by atoms with van der Waals surface area (Å²) in [4.78, 5) is 15.5. The summed E-state index contributed by atoms with van der Waals surface area (Å²) in [5, 5.41) is 12.0. The number of aromatic nitrogens is 4. The van der Waals surface area contributed by atoms with Gasteiger partial charge in [0.2, 0.25) is 0 Å². The van der Waals surface area contributed by atoms with E-state index < -0.39 is 0 Å². The first kappa shape index (κ1) is 32.1. The van der Waals surface area contributed by atoms with Crippen LogP contribution >= 0.6 is 0 Å². The van der Waals surface area contributed by atoms with E-state index in [2.05, 4.69) is 108 Å². The lowest BCUT2D eigenvalue weighted by Gasteiger charge is -2.57. The lowest BCUT2D eigenvalue weighted by Crippen LogP contribution is -2.48. The zero-order valence-corrected chi connectivity index (χ0v) is 30.6. The molecule has 0 saturated heterocycles. The topological polar surface area (TPSA) is 67.4 Å². The molecule has 264 valence electrons. The van der Waals surface area contributed by atoms with E-state index >= 15 is 0 Å². The van der Waals surface area contributed by atoms with E-state index in [4.69, 9.17) is 15.0 Å². The van der Waals surface area contributed by atoms with Gasteiger partial charge in [-0.1, -0.05) is 115 Å². The fourth-order valence-corrected chi connectivity index (χ4v) is 10.8. The molecule has 4 saturated carbocycles. The fourth-order valence-electron chi connectivity index (χ4n) is 10.8. The quantitative estimate of drug-likeness (QED) is 0.172. The Bertz CT molecular complexity index is 2760. The molecule has 0 radical (unpaired) electrons. The minimum absolute atomic E-state index is 0.367. The van der Waals surface area contributed by atoms with Gasteiger partial charge >= 0.3 is 0 Å². The van der Waals surface area contributed by atoms with E-state index in [0.29, 0.717) is 28.5 Å². The molecule has 2 aromatic heterocycles. The monoisotopic (exact) mass is 709 g/mol. The van der Waals surface area contributed by atoms with Crippen LogP contribution in [0.1, 0.15) is 49.7 Å². The van der Waals surface area contributed by atoms with Crippen molar-refractivity contribution in [1.29, 1.82) is 5.26 Å². The number of benzene rings is 6. The van der Waals surface area contributed by atoms with Crippen LogP contribution in [0.5, 0.6) is 0 Å². The van der Waals surface area contributed by atoms with Crippen molar-refractivity contribution < 1.29 is 0 Å². The largest absolute Gasteiger partial charge is 0.309 e. The van der Waals surface area contributed by atoms with Gasteiger partial charge in [-0.2, -0.15) is 5.26 Å². The highest BCUT2D eigenvalue weighted by atomic mass is 15.0. The van der Waals surface area contributed by atoms with Gasteiger partial charge in [-0.3, -0.25) is 0 Å². The zero-order valence-electron chi connectivity index (χ0n) is 30.6. The summed E-state index contributed by atoms with van der Waals surface area (Å²) in [6, 6.07) is 53.2. The molecule has 55 heavy (non-hydrogen) atoms. The zero-order chi connectivity index (χ0) is 36.5. The molecule has 0 aliphatic heterocycles. The summed E-state index contributed by atoms with van der Waals surface area (Å²) < 4.78 is 2.23. The van der Waals surface area contributed by atoms with E-state index in [0.717, 1.165) is 67.5 Å². The molecule has 5 nitrogen and oxygen atoms in total. The Morgan fingerprint density at radius 1 is 0.509 bits per heavy atom. The van der Waals surface area contributed by atoms with Gasteiger partial charge in [0.05, 0.1) is 22.7 Å². The van der Waals surface area contributed by atoms with Gasteiger partial charge < -0.3 is 4.57 Å².